The van der Waals surface area contributed by atoms with Gasteiger partial charge in [0.2, 0.25) is 0 Å². The van der Waals surface area contributed by atoms with Crippen molar-refractivity contribution in [1.82, 2.24) is 25.2 Å². The Morgan fingerprint density at radius 1 is 1.19 bits per heavy atom. The Kier molecular flexibility index (Phi) is 5.11. The van der Waals surface area contributed by atoms with E-state index in [9.17, 15) is 4.79 Å². The van der Waals surface area contributed by atoms with Gasteiger partial charge in [0.15, 0.2) is 5.69 Å². The van der Waals surface area contributed by atoms with Gasteiger partial charge in [-0.05, 0) is 57.0 Å². The molecule has 1 amide bonds. The zero-order chi connectivity index (χ0) is 18.8. The van der Waals surface area contributed by atoms with Crippen LogP contribution in [-0.2, 0) is 0 Å². The summed E-state index contributed by atoms with van der Waals surface area (Å²) in [5.41, 5.74) is 2.64. The van der Waals surface area contributed by atoms with Gasteiger partial charge in [0.1, 0.15) is 5.75 Å². The second kappa shape index (κ2) is 7.68. The van der Waals surface area contributed by atoms with Crippen molar-refractivity contribution in [2.75, 3.05) is 33.3 Å². The number of amides is 1. The lowest BCUT2D eigenvalue weighted by Crippen LogP contribution is -2.31. The summed E-state index contributed by atoms with van der Waals surface area (Å²) in [5, 5.41) is 11.9. The molecule has 7 heteroatoms. The van der Waals surface area contributed by atoms with E-state index in [0.717, 1.165) is 56.9 Å². The van der Waals surface area contributed by atoms with Gasteiger partial charge in [-0.2, -0.15) is 0 Å². The summed E-state index contributed by atoms with van der Waals surface area (Å²) >= 11 is 0. The van der Waals surface area contributed by atoms with Crippen LogP contribution < -0.4 is 10.1 Å². The van der Waals surface area contributed by atoms with Crippen molar-refractivity contribution in [3.8, 4) is 5.75 Å². The van der Waals surface area contributed by atoms with Gasteiger partial charge in [0, 0.05) is 19.0 Å². The van der Waals surface area contributed by atoms with Crippen LogP contribution in [0.5, 0.6) is 5.75 Å². The SMILES string of the molecule is COc1ccc([C@H]2CCN(C(=O)c3nnn(C4CCNCC4)c3C)C2)cc1. The molecule has 1 aromatic carbocycles. The summed E-state index contributed by atoms with van der Waals surface area (Å²) < 4.78 is 7.18. The molecule has 2 saturated heterocycles. The van der Waals surface area contributed by atoms with Crippen molar-refractivity contribution in [3.05, 3.63) is 41.2 Å². The number of methoxy groups -OCH3 is 1. The molecule has 2 aromatic rings. The van der Waals surface area contributed by atoms with Crippen LogP contribution in [0.15, 0.2) is 24.3 Å². The normalized spacial score (nSPS) is 20.8. The Bertz CT molecular complexity index is 795. The topological polar surface area (TPSA) is 72.3 Å². The highest BCUT2D eigenvalue weighted by Gasteiger charge is 2.31. The first-order valence-electron chi connectivity index (χ1n) is 9.73. The van der Waals surface area contributed by atoms with Crippen LogP contribution in [0, 0.1) is 6.92 Å². The molecule has 1 N–H and O–H groups in total. The minimum atomic E-state index is 0.00342. The van der Waals surface area contributed by atoms with E-state index in [1.807, 2.05) is 28.6 Å². The molecule has 2 fully saturated rings. The summed E-state index contributed by atoms with van der Waals surface area (Å²) in [4.78, 5) is 14.9. The molecule has 2 aliphatic heterocycles. The molecule has 0 saturated carbocycles. The number of ether oxygens (including phenoxy) is 1. The number of benzene rings is 1. The fourth-order valence-corrected chi connectivity index (χ4v) is 4.18. The van der Waals surface area contributed by atoms with E-state index in [2.05, 4.69) is 27.8 Å². The van der Waals surface area contributed by atoms with E-state index in [4.69, 9.17) is 4.74 Å². The Morgan fingerprint density at radius 2 is 1.93 bits per heavy atom. The van der Waals surface area contributed by atoms with E-state index in [1.165, 1.54) is 5.56 Å². The summed E-state index contributed by atoms with van der Waals surface area (Å²) in [7, 11) is 1.67. The van der Waals surface area contributed by atoms with Gasteiger partial charge in [0.05, 0.1) is 18.8 Å². The van der Waals surface area contributed by atoms with Gasteiger partial charge in [0.25, 0.3) is 5.91 Å². The first-order valence-corrected chi connectivity index (χ1v) is 9.73. The third-order valence-electron chi connectivity index (χ3n) is 5.85. The highest BCUT2D eigenvalue weighted by molar-refractivity contribution is 5.93. The molecule has 2 aliphatic rings. The molecule has 7 nitrogen and oxygen atoms in total. The van der Waals surface area contributed by atoms with Crippen molar-refractivity contribution in [3.63, 3.8) is 0 Å². The highest BCUT2D eigenvalue weighted by Crippen LogP contribution is 2.30. The Hall–Kier alpha value is -2.41. The molecular formula is C20H27N5O2. The summed E-state index contributed by atoms with van der Waals surface area (Å²) in [6.07, 6.45) is 3.03. The summed E-state index contributed by atoms with van der Waals surface area (Å²) in [6, 6.07) is 8.49. The molecule has 1 aromatic heterocycles. The van der Waals surface area contributed by atoms with Crippen molar-refractivity contribution < 1.29 is 9.53 Å². The first-order chi connectivity index (χ1) is 13.2. The van der Waals surface area contributed by atoms with Crippen molar-refractivity contribution in [2.45, 2.75) is 38.1 Å². The number of nitrogens with one attached hydrogen (secondary N) is 1. The van der Waals surface area contributed by atoms with Crippen LogP contribution in [0.2, 0.25) is 0 Å². The van der Waals surface area contributed by atoms with Crippen LogP contribution >= 0.6 is 0 Å². The van der Waals surface area contributed by atoms with E-state index in [-0.39, 0.29) is 5.91 Å². The molecule has 0 spiro atoms. The molecule has 144 valence electrons. The maximum atomic E-state index is 13.0. The number of likely N-dealkylation sites (tertiary alicyclic amines) is 1. The minimum Gasteiger partial charge on any atom is -0.497 e. The average molecular weight is 369 g/mol. The molecule has 27 heavy (non-hydrogen) atoms. The van der Waals surface area contributed by atoms with Crippen LogP contribution in [-0.4, -0.2) is 59.1 Å². The van der Waals surface area contributed by atoms with E-state index in [0.29, 0.717) is 17.7 Å². The van der Waals surface area contributed by atoms with E-state index in [1.54, 1.807) is 7.11 Å². The fraction of sp³-hybridized carbons (Fsp3) is 0.550. The molecule has 3 heterocycles. The standard InChI is InChI=1S/C20H27N5O2/c1-14-19(22-23-25(14)17-7-10-21-11-8-17)20(26)24-12-9-16(13-24)15-3-5-18(27-2)6-4-15/h3-6,16-17,21H,7-13H2,1-2H3/t16-/m0/s1. The largest absolute Gasteiger partial charge is 0.497 e. The van der Waals surface area contributed by atoms with Crippen LogP contribution in [0.1, 0.15) is 53.0 Å². The van der Waals surface area contributed by atoms with Gasteiger partial charge in [-0.15, -0.1) is 5.10 Å². The maximum Gasteiger partial charge on any atom is 0.276 e. The Labute approximate surface area is 159 Å². The molecule has 0 radical (unpaired) electrons. The van der Waals surface area contributed by atoms with Gasteiger partial charge in [-0.1, -0.05) is 17.3 Å². The fourth-order valence-electron chi connectivity index (χ4n) is 4.18. The highest BCUT2D eigenvalue weighted by atomic mass is 16.5. The molecule has 0 unspecified atom stereocenters. The number of hydrogen-bond acceptors (Lipinski definition) is 5. The quantitative estimate of drug-likeness (QED) is 0.894. The lowest BCUT2D eigenvalue weighted by Gasteiger charge is -2.23. The van der Waals surface area contributed by atoms with Gasteiger partial charge in [-0.25, -0.2) is 4.68 Å². The number of aromatic nitrogens is 3. The third-order valence-corrected chi connectivity index (χ3v) is 5.85. The number of carbonyl (C=O) groups excluding carboxylic acids is 1. The lowest BCUT2D eigenvalue weighted by atomic mass is 9.98. The smallest absolute Gasteiger partial charge is 0.276 e. The molecule has 4 rings (SSSR count). The maximum absolute atomic E-state index is 13.0. The number of nitrogens with zero attached hydrogens (tertiary/aromatic N) is 4. The van der Waals surface area contributed by atoms with E-state index >= 15 is 0 Å². The third kappa shape index (κ3) is 3.56. The van der Waals surface area contributed by atoms with Crippen LogP contribution in [0.4, 0.5) is 0 Å². The zero-order valence-electron chi connectivity index (χ0n) is 16.0. The second-order valence-electron chi connectivity index (χ2n) is 7.46. The average Bonchev–Trinajstić information content (AvgIpc) is 3.35. The number of hydrogen-bond donors (Lipinski definition) is 1. The van der Waals surface area contributed by atoms with Gasteiger partial charge in [-0.3, -0.25) is 4.79 Å². The predicted molar refractivity (Wildman–Crippen MR) is 102 cm³/mol. The molecule has 1 atom stereocenters. The summed E-state index contributed by atoms with van der Waals surface area (Å²) in [6.45, 7) is 5.43. The number of rotatable bonds is 4. The second-order valence-corrected chi connectivity index (χ2v) is 7.46. The monoisotopic (exact) mass is 369 g/mol. The van der Waals surface area contributed by atoms with Gasteiger partial charge >= 0.3 is 0 Å². The number of piperidine rings is 1. The van der Waals surface area contributed by atoms with E-state index < -0.39 is 0 Å². The van der Waals surface area contributed by atoms with Crippen molar-refractivity contribution in [2.24, 2.45) is 0 Å². The van der Waals surface area contributed by atoms with Gasteiger partial charge < -0.3 is 15.0 Å². The number of carbonyl (C=O) groups is 1. The molecule has 0 aliphatic carbocycles. The molecule has 0 bridgehead atoms. The Balaban J connectivity index is 1.45. The molecular weight excluding hydrogens is 342 g/mol. The Morgan fingerprint density at radius 3 is 2.63 bits per heavy atom. The predicted octanol–water partition coefficient (Wildman–Crippen LogP) is 2.15. The van der Waals surface area contributed by atoms with Crippen LogP contribution in [0.25, 0.3) is 0 Å². The zero-order valence-corrected chi connectivity index (χ0v) is 16.0. The lowest BCUT2D eigenvalue weighted by molar-refractivity contribution is 0.0784. The first kappa shape index (κ1) is 18.0. The van der Waals surface area contributed by atoms with Crippen molar-refractivity contribution >= 4 is 5.91 Å². The summed E-state index contributed by atoms with van der Waals surface area (Å²) in [5.74, 6) is 1.22. The van der Waals surface area contributed by atoms with Crippen molar-refractivity contribution in [1.29, 1.82) is 0 Å². The minimum absolute atomic E-state index is 0.00342. The van der Waals surface area contributed by atoms with Crippen LogP contribution in [0.3, 0.4) is 0 Å².